The van der Waals surface area contributed by atoms with Crippen molar-refractivity contribution in [3.8, 4) is 5.75 Å². The van der Waals surface area contributed by atoms with Gasteiger partial charge in [0.25, 0.3) is 5.91 Å². The third-order valence-electron chi connectivity index (χ3n) is 5.24. The number of para-hydroxylation sites is 1. The van der Waals surface area contributed by atoms with Crippen LogP contribution < -0.4 is 10.1 Å². The van der Waals surface area contributed by atoms with Crippen LogP contribution in [0.5, 0.6) is 5.75 Å². The van der Waals surface area contributed by atoms with Crippen LogP contribution >= 0.6 is 0 Å². The third kappa shape index (κ3) is 4.31. The fourth-order valence-electron chi connectivity index (χ4n) is 3.65. The van der Waals surface area contributed by atoms with Crippen LogP contribution in [0.3, 0.4) is 0 Å². The van der Waals surface area contributed by atoms with Gasteiger partial charge in [-0.05, 0) is 17.7 Å². The Morgan fingerprint density at radius 2 is 1.79 bits per heavy atom. The van der Waals surface area contributed by atoms with E-state index in [1.54, 1.807) is 12.1 Å². The van der Waals surface area contributed by atoms with Gasteiger partial charge in [-0.15, -0.1) is 5.10 Å². The van der Waals surface area contributed by atoms with E-state index in [2.05, 4.69) is 15.6 Å². The molecule has 5 aromatic rings. The Labute approximate surface area is 193 Å². The number of anilines is 1. The predicted molar refractivity (Wildman–Crippen MR) is 125 cm³/mol. The van der Waals surface area contributed by atoms with Gasteiger partial charge in [-0.1, -0.05) is 53.7 Å². The summed E-state index contributed by atoms with van der Waals surface area (Å²) in [5, 5.41) is 12.3. The van der Waals surface area contributed by atoms with E-state index in [0.717, 1.165) is 21.9 Å². The molecule has 1 N–H and O–H groups in total. The molecule has 34 heavy (non-hydrogen) atoms. The van der Waals surface area contributed by atoms with E-state index in [9.17, 15) is 9.59 Å². The zero-order valence-electron chi connectivity index (χ0n) is 18.2. The highest BCUT2D eigenvalue weighted by Gasteiger charge is 2.17. The summed E-state index contributed by atoms with van der Waals surface area (Å²) in [6, 6.07) is 20.8. The summed E-state index contributed by atoms with van der Waals surface area (Å²) in [4.78, 5) is 24.8. The number of benzene rings is 3. The molecule has 0 aliphatic heterocycles. The predicted octanol–water partition coefficient (Wildman–Crippen LogP) is 4.03. The Bertz CT molecular complexity index is 1490. The summed E-state index contributed by atoms with van der Waals surface area (Å²) >= 11 is 0. The van der Waals surface area contributed by atoms with Crippen LogP contribution in [-0.2, 0) is 16.1 Å². The highest BCUT2D eigenvalue weighted by molar-refractivity contribution is 6.08. The number of esters is 1. The Morgan fingerprint density at radius 1 is 1.00 bits per heavy atom. The van der Waals surface area contributed by atoms with E-state index >= 15 is 0 Å². The molecule has 0 aliphatic rings. The molecule has 3 aromatic carbocycles. The molecule has 9 heteroatoms. The molecular weight excluding hydrogens is 436 g/mol. The lowest BCUT2D eigenvalue weighted by Gasteiger charge is -2.10. The smallest absolute Gasteiger partial charge is 0.361 e. The van der Waals surface area contributed by atoms with Gasteiger partial charge in [0, 0.05) is 16.8 Å². The van der Waals surface area contributed by atoms with E-state index in [4.69, 9.17) is 13.9 Å². The molecular formula is C25H20N4O5. The molecule has 2 heterocycles. The van der Waals surface area contributed by atoms with Gasteiger partial charge < -0.3 is 19.2 Å². The zero-order chi connectivity index (χ0) is 23.5. The van der Waals surface area contributed by atoms with Crippen LogP contribution in [0.1, 0.15) is 16.1 Å². The second-order valence-corrected chi connectivity index (χ2v) is 7.56. The molecule has 0 saturated carbocycles. The van der Waals surface area contributed by atoms with Crippen molar-refractivity contribution in [2.45, 2.75) is 6.54 Å². The maximum atomic E-state index is 12.5. The van der Waals surface area contributed by atoms with Gasteiger partial charge in [0.2, 0.25) is 0 Å². The second-order valence-electron chi connectivity index (χ2n) is 7.56. The Hall–Kier alpha value is -4.66. The monoisotopic (exact) mass is 456 g/mol. The highest BCUT2D eigenvalue weighted by Crippen LogP contribution is 2.36. The molecule has 0 atom stereocenters. The number of carbonyl (C=O) groups is 2. The van der Waals surface area contributed by atoms with Crippen molar-refractivity contribution >= 4 is 39.5 Å². The van der Waals surface area contributed by atoms with Crippen LogP contribution in [0.2, 0.25) is 0 Å². The van der Waals surface area contributed by atoms with E-state index in [-0.39, 0.29) is 5.69 Å². The SMILES string of the molecule is COc1cc2c(cc1NC(=O)COC(=O)c1cn(Cc3ccccc3)nn1)oc1ccccc12. The lowest BCUT2D eigenvalue weighted by Crippen LogP contribution is -2.21. The molecule has 0 unspecified atom stereocenters. The minimum absolute atomic E-state index is 0.0185. The van der Waals surface area contributed by atoms with Gasteiger partial charge in [-0.3, -0.25) is 4.79 Å². The van der Waals surface area contributed by atoms with Crippen molar-refractivity contribution in [2.24, 2.45) is 0 Å². The minimum atomic E-state index is -0.742. The van der Waals surface area contributed by atoms with Crippen molar-refractivity contribution in [1.82, 2.24) is 15.0 Å². The molecule has 0 saturated heterocycles. The Kier molecular flexibility index (Phi) is 5.65. The molecule has 170 valence electrons. The molecule has 9 nitrogen and oxygen atoms in total. The van der Waals surface area contributed by atoms with E-state index in [1.165, 1.54) is 18.0 Å². The van der Waals surface area contributed by atoms with Crippen LogP contribution in [0.25, 0.3) is 21.9 Å². The third-order valence-corrected chi connectivity index (χ3v) is 5.24. The lowest BCUT2D eigenvalue weighted by molar-refractivity contribution is -0.119. The van der Waals surface area contributed by atoms with Crippen molar-refractivity contribution in [3.05, 3.63) is 84.2 Å². The lowest BCUT2D eigenvalue weighted by atomic mass is 10.1. The minimum Gasteiger partial charge on any atom is -0.495 e. The number of rotatable bonds is 7. The summed E-state index contributed by atoms with van der Waals surface area (Å²) in [7, 11) is 1.51. The average molecular weight is 456 g/mol. The van der Waals surface area contributed by atoms with Gasteiger partial charge in [0.15, 0.2) is 12.3 Å². The number of nitrogens with zero attached hydrogens (tertiary/aromatic N) is 3. The van der Waals surface area contributed by atoms with Crippen molar-refractivity contribution in [1.29, 1.82) is 0 Å². The summed E-state index contributed by atoms with van der Waals surface area (Å²) in [6.07, 6.45) is 1.48. The van der Waals surface area contributed by atoms with Crippen molar-refractivity contribution < 1.29 is 23.5 Å². The van der Waals surface area contributed by atoms with E-state index in [1.807, 2.05) is 54.6 Å². The Morgan fingerprint density at radius 3 is 2.62 bits per heavy atom. The number of hydrogen-bond donors (Lipinski definition) is 1. The molecule has 0 fully saturated rings. The van der Waals surface area contributed by atoms with E-state index in [0.29, 0.717) is 23.6 Å². The summed E-state index contributed by atoms with van der Waals surface area (Å²) in [5.41, 5.74) is 2.78. The Balaban J connectivity index is 1.24. The first-order valence-electron chi connectivity index (χ1n) is 10.5. The number of hydrogen-bond acceptors (Lipinski definition) is 7. The molecule has 0 aliphatic carbocycles. The number of fused-ring (bicyclic) bond motifs is 3. The molecule has 0 spiro atoms. The number of ether oxygens (including phenoxy) is 2. The maximum absolute atomic E-state index is 12.5. The molecule has 1 amide bonds. The zero-order valence-corrected chi connectivity index (χ0v) is 18.2. The van der Waals surface area contributed by atoms with Crippen LogP contribution in [0, 0.1) is 0 Å². The molecule has 0 bridgehead atoms. The molecule has 5 rings (SSSR count). The van der Waals surface area contributed by atoms with Gasteiger partial charge in [-0.25, -0.2) is 9.48 Å². The van der Waals surface area contributed by atoms with Crippen molar-refractivity contribution in [3.63, 3.8) is 0 Å². The summed E-state index contributed by atoms with van der Waals surface area (Å²) in [6.45, 7) is -0.0304. The number of aromatic nitrogens is 3. The largest absolute Gasteiger partial charge is 0.495 e. The number of methoxy groups -OCH3 is 1. The topological polar surface area (TPSA) is 108 Å². The van der Waals surface area contributed by atoms with Gasteiger partial charge >= 0.3 is 5.97 Å². The van der Waals surface area contributed by atoms with Crippen molar-refractivity contribution in [2.75, 3.05) is 19.0 Å². The quantitative estimate of drug-likeness (QED) is 0.368. The summed E-state index contributed by atoms with van der Waals surface area (Å²) < 4.78 is 17.9. The second kappa shape index (κ2) is 9.07. The van der Waals surface area contributed by atoms with Gasteiger partial charge in [0.1, 0.15) is 16.9 Å². The normalized spacial score (nSPS) is 11.0. The highest BCUT2D eigenvalue weighted by atomic mass is 16.5. The van der Waals surface area contributed by atoms with Gasteiger partial charge in [-0.2, -0.15) is 0 Å². The maximum Gasteiger partial charge on any atom is 0.361 e. The first-order valence-corrected chi connectivity index (χ1v) is 10.5. The standard InChI is InChI=1S/C25H20N4O5/c1-32-23-11-18-17-9-5-6-10-21(17)34-22(18)12-19(23)26-24(30)15-33-25(31)20-14-29(28-27-20)13-16-7-3-2-4-8-16/h2-12,14H,13,15H2,1H3,(H,26,30). The average Bonchev–Trinajstić information content (AvgIpc) is 3.47. The van der Waals surface area contributed by atoms with Gasteiger partial charge in [0.05, 0.1) is 25.5 Å². The number of amides is 1. The summed E-state index contributed by atoms with van der Waals surface area (Å²) in [5.74, 6) is -0.810. The first-order chi connectivity index (χ1) is 16.6. The fourth-order valence-corrected chi connectivity index (χ4v) is 3.65. The van der Waals surface area contributed by atoms with Crippen LogP contribution in [0.4, 0.5) is 5.69 Å². The molecule has 2 aromatic heterocycles. The number of carbonyl (C=O) groups excluding carboxylic acids is 2. The fraction of sp³-hybridized carbons (Fsp3) is 0.120. The molecule has 0 radical (unpaired) electrons. The van der Waals surface area contributed by atoms with E-state index < -0.39 is 18.5 Å². The first kappa shape index (κ1) is 21.2. The number of nitrogens with one attached hydrogen (secondary N) is 1. The number of furan rings is 1. The van der Waals surface area contributed by atoms with Crippen LogP contribution in [-0.4, -0.2) is 40.6 Å². The van der Waals surface area contributed by atoms with Crippen LogP contribution in [0.15, 0.2) is 77.3 Å².